The minimum absolute atomic E-state index is 0.195. The fourth-order valence-corrected chi connectivity index (χ4v) is 9.30. The first-order valence-electron chi connectivity index (χ1n) is 19.8. The number of amides is 1. The lowest BCUT2D eigenvalue weighted by Gasteiger charge is -2.50. The van der Waals surface area contributed by atoms with Crippen LogP contribution in [0.5, 0.6) is 0 Å². The Balaban J connectivity index is 1.73. The second-order valence-electron chi connectivity index (χ2n) is 14.6. The topological polar surface area (TPSA) is 486 Å². The summed E-state index contributed by atoms with van der Waals surface area (Å²) in [5.74, 6) is -2.02. The van der Waals surface area contributed by atoms with E-state index in [1.54, 1.807) is 30.3 Å². The number of hydrogen-bond acceptors (Lipinski definition) is 28. The van der Waals surface area contributed by atoms with Gasteiger partial charge in [-0.3, -0.25) is 22.8 Å². The highest BCUT2D eigenvalue weighted by Gasteiger charge is 2.59. The molecule has 0 bridgehead atoms. The van der Waals surface area contributed by atoms with Crippen LogP contribution in [0.3, 0.4) is 0 Å². The molecular formula is C32H49NO34S5. The zero-order chi connectivity index (χ0) is 54.0. The van der Waals surface area contributed by atoms with Crippen LogP contribution in [0.1, 0.15) is 5.56 Å². The molecule has 1 aromatic carbocycles. The molecule has 0 saturated carbocycles. The van der Waals surface area contributed by atoms with Crippen LogP contribution in [-0.2, 0) is 136 Å². The summed E-state index contributed by atoms with van der Waals surface area (Å²) in [6.07, 6.45) is -34.3. The Kier molecular flexibility index (Phi) is 22.3. The van der Waals surface area contributed by atoms with E-state index >= 15 is 0 Å². The van der Waals surface area contributed by atoms with Gasteiger partial charge in [0.25, 0.3) is 0 Å². The number of ether oxygens (including phenoxy) is 11. The van der Waals surface area contributed by atoms with E-state index in [-0.39, 0.29) is 6.61 Å². The van der Waals surface area contributed by atoms with Crippen LogP contribution in [0.4, 0.5) is 4.79 Å². The standard InChI is InChI=1S/C32H49NO34S5/c1-52-18-16(13-58-68(37,38)39)61-31(26(20(18)53-2)66-71(46,47)48)63-22-21(54-3)25(55-4)30(64-24(22)28(34)35)62-19-17(14-59-69(40,41)42)60-29(27(67-72(49,50)51)23(19)65-70(43,44)45)56-11-10-33-32(36)57-12-15-8-6-5-7-9-15/h5-9,16-27,29-31H,10-14H2,1-4H3,(H,33,36)(H,34,35)(H,37,38,39)(H,40,41,42)(H,43,44,45)(H,46,47,48)(H,49,50,51)/t16-,17-,18-,19-,20+,21+,22+,23+,24+,25-,26-,27-,29+,30-,31-/m1/s1. The van der Waals surface area contributed by atoms with E-state index < -0.39 is 183 Å². The fraction of sp³-hybridized carbons (Fsp3) is 0.750. The summed E-state index contributed by atoms with van der Waals surface area (Å²) in [5.41, 5.74) is 0.588. The molecule has 4 rings (SSSR count). The number of carboxylic acid groups (broad SMARTS) is 1. The molecule has 0 spiro atoms. The molecule has 72 heavy (non-hydrogen) atoms. The molecular weight excluding hydrogens is 1100 g/mol. The highest BCUT2D eigenvalue weighted by atomic mass is 32.3. The van der Waals surface area contributed by atoms with Crippen molar-refractivity contribution in [1.29, 1.82) is 0 Å². The van der Waals surface area contributed by atoms with Crippen molar-refractivity contribution < 1.29 is 153 Å². The predicted molar refractivity (Wildman–Crippen MR) is 221 cm³/mol. The van der Waals surface area contributed by atoms with Gasteiger partial charge in [-0.05, 0) is 5.56 Å². The summed E-state index contributed by atoms with van der Waals surface area (Å²) in [5, 5.41) is 12.7. The Labute approximate surface area is 410 Å². The third-order valence-corrected chi connectivity index (χ3v) is 12.2. The number of rotatable bonds is 27. The first-order valence-corrected chi connectivity index (χ1v) is 26.6. The molecule has 0 radical (unpaired) electrons. The van der Waals surface area contributed by atoms with E-state index in [0.717, 1.165) is 28.4 Å². The molecule has 0 aromatic heterocycles. The Morgan fingerprint density at radius 3 is 1.47 bits per heavy atom. The van der Waals surface area contributed by atoms with E-state index in [1.807, 2.05) is 0 Å². The third kappa shape index (κ3) is 18.9. The second kappa shape index (κ2) is 26.1. The van der Waals surface area contributed by atoms with Crippen molar-refractivity contribution in [2.75, 3.05) is 54.8 Å². The lowest BCUT2D eigenvalue weighted by molar-refractivity contribution is -0.374. The van der Waals surface area contributed by atoms with E-state index in [2.05, 4.69) is 17.9 Å². The summed E-state index contributed by atoms with van der Waals surface area (Å²) >= 11 is 0. The summed E-state index contributed by atoms with van der Waals surface area (Å²) < 4.78 is 251. The van der Waals surface area contributed by atoms with Crippen LogP contribution >= 0.6 is 0 Å². The summed E-state index contributed by atoms with van der Waals surface area (Å²) in [6, 6.07) is 8.31. The summed E-state index contributed by atoms with van der Waals surface area (Å²) in [6.45, 7) is -4.06. The minimum Gasteiger partial charge on any atom is -0.479 e. The molecule has 3 saturated heterocycles. The predicted octanol–water partition coefficient (Wildman–Crippen LogP) is -3.78. The van der Waals surface area contributed by atoms with Crippen molar-refractivity contribution in [1.82, 2.24) is 5.32 Å². The lowest BCUT2D eigenvalue weighted by Crippen LogP contribution is -2.68. The number of alkyl carbamates (subject to hydrolysis) is 1. The van der Waals surface area contributed by atoms with Gasteiger partial charge in [0.05, 0.1) is 19.8 Å². The molecule has 3 aliphatic rings. The summed E-state index contributed by atoms with van der Waals surface area (Å²) in [4.78, 5) is 25.3. The lowest BCUT2D eigenvalue weighted by atomic mass is 9.95. The molecule has 7 N–H and O–H groups in total. The Hall–Kier alpha value is -3.09. The fourth-order valence-electron chi connectivity index (χ4n) is 7.23. The van der Waals surface area contributed by atoms with Crippen LogP contribution < -0.4 is 5.32 Å². The van der Waals surface area contributed by atoms with Crippen molar-refractivity contribution in [2.45, 2.75) is 98.7 Å². The molecule has 1 amide bonds. The zero-order valence-electron chi connectivity index (χ0n) is 37.2. The second-order valence-corrected chi connectivity index (χ2v) is 19.9. The minimum atomic E-state index is -5.88. The van der Waals surface area contributed by atoms with Crippen molar-refractivity contribution in [3.63, 3.8) is 0 Å². The number of nitrogens with one attached hydrogen (secondary N) is 1. The SMILES string of the molecule is CO[C@@H]1[C@@H](OC)[C@H](O[C@H]2[C@H](OS(=O)(=O)O)[C@@H](OS(=O)(=O)O)[C@@H](OCCNC(=O)OCc3ccccc3)O[C@@H]2COS(=O)(=O)O)O[C@H](C(=O)O)[C@H]1O[C@H]1O[C@H](COS(=O)(=O)O)[C@@H](OC)[C@H](OC)[C@H]1OS(=O)(=O)O. The molecule has 40 heteroatoms. The van der Waals surface area contributed by atoms with Crippen molar-refractivity contribution in [3.8, 4) is 0 Å². The first kappa shape index (κ1) is 61.5. The third-order valence-electron chi connectivity index (χ3n) is 9.92. The molecule has 3 fully saturated rings. The van der Waals surface area contributed by atoms with E-state index in [4.69, 9.17) is 60.5 Å². The number of carbonyl (C=O) groups is 2. The molecule has 15 atom stereocenters. The van der Waals surface area contributed by atoms with Gasteiger partial charge < -0.3 is 62.5 Å². The van der Waals surface area contributed by atoms with Crippen molar-refractivity contribution in [2.24, 2.45) is 0 Å². The maximum atomic E-state index is 13.0. The van der Waals surface area contributed by atoms with Crippen LogP contribution in [0.2, 0.25) is 0 Å². The Morgan fingerprint density at radius 2 is 0.986 bits per heavy atom. The van der Waals surface area contributed by atoms with Gasteiger partial charge in [-0.2, -0.15) is 42.1 Å². The number of benzene rings is 1. The molecule has 35 nitrogen and oxygen atoms in total. The molecule has 1 aromatic rings. The number of carbonyl (C=O) groups excluding carboxylic acids is 1. The van der Waals surface area contributed by atoms with Crippen molar-refractivity contribution in [3.05, 3.63) is 35.9 Å². The number of aliphatic carboxylic acids is 1. The summed E-state index contributed by atoms with van der Waals surface area (Å²) in [7, 11) is -24.2. The van der Waals surface area contributed by atoms with Gasteiger partial charge in [0, 0.05) is 35.0 Å². The van der Waals surface area contributed by atoms with E-state index in [1.165, 1.54) is 0 Å². The maximum absolute atomic E-state index is 13.0. The van der Waals surface area contributed by atoms with Gasteiger partial charge in [0.15, 0.2) is 37.2 Å². The quantitative estimate of drug-likeness (QED) is 0.0328. The largest absolute Gasteiger partial charge is 0.479 e. The van der Waals surface area contributed by atoms with Gasteiger partial charge in [-0.1, -0.05) is 30.3 Å². The zero-order valence-corrected chi connectivity index (χ0v) is 41.3. The van der Waals surface area contributed by atoms with Gasteiger partial charge in [-0.15, -0.1) is 0 Å². The van der Waals surface area contributed by atoms with Gasteiger partial charge in [0.2, 0.25) is 0 Å². The first-order chi connectivity index (χ1) is 33.4. The highest BCUT2D eigenvalue weighted by molar-refractivity contribution is 7.81. The number of carboxylic acids is 1. The Morgan fingerprint density at radius 1 is 0.542 bits per heavy atom. The average molecular weight is 1150 g/mol. The molecule has 3 aliphatic heterocycles. The van der Waals surface area contributed by atoms with E-state index in [0.29, 0.717) is 5.56 Å². The molecule has 0 unspecified atom stereocenters. The van der Waals surface area contributed by atoms with Crippen molar-refractivity contribution >= 4 is 64.1 Å². The monoisotopic (exact) mass is 1150 g/mol. The van der Waals surface area contributed by atoms with Gasteiger partial charge in [0.1, 0.15) is 61.5 Å². The highest BCUT2D eigenvalue weighted by Crippen LogP contribution is 2.38. The molecule has 0 aliphatic carbocycles. The Bertz CT molecular complexity index is 2500. The molecule has 416 valence electrons. The van der Waals surface area contributed by atoms with Gasteiger partial charge >= 0.3 is 64.1 Å². The normalized spacial score (nSPS) is 31.9. The van der Waals surface area contributed by atoms with Crippen LogP contribution in [0.25, 0.3) is 0 Å². The number of hydrogen-bond donors (Lipinski definition) is 7. The number of methoxy groups -OCH3 is 4. The van der Waals surface area contributed by atoms with E-state index in [9.17, 15) is 79.5 Å². The van der Waals surface area contributed by atoms with Crippen LogP contribution in [-0.4, -0.2) is 229 Å². The van der Waals surface area contributed by atoms with Crippen LogP contribution in [0, 0.1) is 0 Å². The van der Waals surface area contributed by atoms with Gasteiger partial charge in [-0.25, -0.2) is 30.5 Å². The molecule has 3 heterocycles. The smallest absolute Gasteiger partial charge is 0.407 e. The average Bonchev–Trinajstić information content (AvgIpc) is 3.26. The maximum Gasteiger partial charge on any atom is 0.407 e. The van der Waals surface area contributed by atoms with Crippen LogP contribution in [0.15, 0.2) is 30.3 Å².